The molecule has 0 aliphatic rings. The number of rotatable bonds is 4. The molecule has 0 fully saturated rings. The van der Waals surface area contributed by atoms with Crippen LogP contribution in [-0.4, -0.2) is 17.9 Å². The van der Waals surface area contributed by atoms with Crippen molar-refractivity contribution in [2.75, 3.05) is 12.5 Å². The van der Waals surface area contributed by atoms with Crippen LogP contribution < -0.4 is 11.3 Å². The van der Waals surface area contributed by atoms with Crippen LogP contribution in [0.15, 0.2) is 46.9 Å². The molecule has 0 aliphatic carbocycles. The molecule has 0 saturated carbocycles. The van der Waals surface area contributed by atoms with Crippen molar-refractivity contribution in [1.29, 1.82) is 0 Å². The van der Waals surface area contributed by atoms with Crippen LogP contribution in [0.1, 0.15) is 21.5 Å². The van der Waals surface area contributed by atoms with Crippen LogP contribution in [0.25, 0.3) is 0 Å². The number of carbonyl (C=O) groups excluding carboxylic acids is 1. The first-order valence-corrected chi connectivity index (χ1v) is 7.37. The molecule has 0 aromatic heterocycles. The van der Waals surface area contributed by atoms with Gasteiger partial charge in [-0.3, -0.25) is 10.6 Å². The average Bonchev–Trinajstić information content (AvgIpc) is 2.46. The molecule has 2 aromatic rings. The van der Waals surface area contributed by atoms with E-state index in [-0.39, 0.29) is 5.91 Å². The summed E-state index contributed by atoms with van der Waals surface area (Å²) in [6.45, 7) is 2.47. The van der Waals surface area contributed by atoms with E-state index >= 15 is 0 Å². The topological polar surface area (TPSA) is 58.4 Å². The molecule has 0 saturated heterocycles. The lowest BCUT2D eigenvalue weighted by atomic mass is 10.1. The summed E-state index contributed by atoms with van der Waals surface area (Å²) in [5, 5.41) is 0. The largest absolute Gasteiger partial charge is 0.337 e. The Balaban J connectivity index is 2.15. The number of halogens is 1. The fourth-order valence-electron chi connectivity index (χ4n) is 2.18. The highest BCUT2D eigenvalue weighted by Crippen LogP contribution is 2.18. The van der Waals surface area contributed by atoms with E-state index in [9.17, 15) is 4.79 Å². The quantitative estimate of drug-likeness (QED) is 0.658. The first kappa shape index (κ1) is 15.5. The zero-order chi connectivity index (χ0) is 15.4. The monoisotopic (exact) mass is 347 g/mol. The van der Waals surface area contributed by atoms with Gasteiger partial charge in [0, 0.05) is 29.3 Å². The Hall–Kier alpha value is -1.85. The third-order valence-corrected chi connectivity index (χ3v) is 3.77. The number of benzene rings is 2. The lowest BCUT2D eigenvalue weighted by Crippen LogP contribution is -2.27. The number of hydrogen-bond acceptors (Lipinski definition) is 3. The Bertz CT molecular complexity index is 658. The van der Waals surface area contributed by atoms with Crippen molar-refractivity contribution < 1.29 is 4.79 Å². The number of hydrazine groups is 1. The molecule has 0 aliphatic heterocycles. The number of amides is 1. The van der Waals surface area contributed by atoms with Crippen LogP contribution in [0.5, 0.6) is 0 Å². The highest BCUT2D eigenvalue weighted by atomic mass is 79.9. The molecule has 0 spiro atoms. The van der Waals surface area contributed by atoms with Gasteiger partial charge in [-0.2, -0.15) is 0 Å². The van der Waals surface area contributed by atoms with Gasteiger partial charge in [-0.25, -0.2) is 0 Å². The van der Waals surface area contributed by atoms with E-state index in [0.29, 0.717) is 12.1 Å². The SMILES string of the molecule is Cc1cc(NN)ccc1C(=O)N(C)Cc1cccc(Br)c1. The number of carbonyl (C=O) groups is 1. The summed E-state index contributed by atoms with van der Waals surface area (Å²) in [5.41, 5.74) is 6.04. The third kappa shape index (κ3) is 3.83. The molecular weight excluding hydrogens is 330 g/mol. The minimum absolute atomic E-state index is 0.00366. The van der Waals surface area contributed by atoms with Crippen molar-refractivity contribution in [1.82, 2.24) is 4.90 Å². The smallest absolute Gasteiger partial charge is 0.254 e. The van der Waals surface area contributed by atoms with E-state index in [4.69, 9.17) is 5.84 Å². The molecule has 2 aromatic carbocycles. The van der Waals surface area contributed by atoms with Gasteiger partial charge >= 0.3 is 0 Å². The molecule has 5 heteroatoms. The van der Waals surface area contributed by atoms with Crippen molar-refractivity contribution in [3.8, 4) is 0 Å². The molecule has 2 rings (SSSR count). The van der Waals surface area contributed by atoms with E-state index in [1.165, 1.54) is 0 Å². The molecular formula is C16H18BrN3O. The van der Waals surface area contributed by atoms with Gasteiger partial charge in [-0.15, -0.1) is 0 Å². The van der Waals surface area contributed by atoms with Gasteiger partial charge in [0.15, 0.2) is 0 Å². The zero-order valence-corrected chi connectivity index (χ0v) is 13.6. The highest BCUT2D eigenvalue weighted by molar-refractivity contribution is 9.10. The molecule has 3 N–H and O–H groups in total. The fraction of sp³-hybridized carbons (Fsp3) is 0.188. The Morgan fingerprint density at radius 2 is 2.05 bits per heavy atom. The standard InChI is InChI=1S/C16H18BrN3O/c1-11-8-14(19-18)6-7-15(11)16(21)20(2)10-12-4-3-5-13(17)9-12/h3-9,19H,10,18H2,1-2H3. The Morgan fingerprint density at radius 3 is 2.67 bits per heavy atom. The number of aryl methyl sites for hydroxylation is 1. The lowest BCUT2D eigenvalue weighted by Gasteiger charge is -2.19. The molecule has 1 amide bonds. The van der Waals surface area contributed by atoms with E-state index in [1.807, 2.05) is 37.3 Å². The van der Waals surface area contributed by atoms with Crippen molar-refractivity contribution in [3.05, 3.63) is 63.6 Å². The van der Waals surface area contributed by atoms with Crippen LogP contribution in [0.3, 0.4) is 0 Å². The van der Waals surface area contributed by atoms with Gasteiger partial charge in [-0.05, 0) is 48.4 Å². The van der Waals surface area contributed by atoms with Gasteiger partial charge < -0.3 is 10.3 Å². The predicted octanol–water partition coefficient (Wildman–Crippen LogP) is 3.32. The minimum atomic E-state index is -0.00366. The van der Waals surface area contributed by atoms with Gasteiger partial charge in [-0.1, -0.05) is 28.1 Å². The van der Waals surface area contributed by atoms with Crippen LogP contribution in [0, 0.1) is 6.92 Å². The summed E-state index contributed by atoms with van der Waals surface area (Å²) in [6.07, 6.45) is 0. The molecule has 0 atom stereocenters. The van der Waals surface area contributed by atoms with E-state index < -0.39 is 0 Å². The second-order valence-corrected chi connectivity index (χ2v) is 5.88. The molecule has 0 unspecified atom stereocenters. The van der Waals surface area contributed by atoms with Gasteiger partial charge in [0.2, 0.25) is 0 Å². The molecule has 0 radical (unpaired) electrons. The van der Waals surface area contributed by atoms with Crippen LogP contribution in [-0.2, 0) is 6.54 Å². The first-order chi connectivity index (χ1) is 10.0. The Morgan fingerprint density at radius 1 is 1.29 bits per heavy atom. The summed E-state index contributed by atoms with van der Waals surface area (Å²) in [5.74, 6) is 5.37. The number of nitrogen functional groups attached to an aromatic ring is 1. The molecule has 21 heavy (non-hydrogen) atoms. The lowest BCUT2D eigenvalue weighted by molar-refractivity contribution is 0.0784. The maximum Gasteiger partial charge on any atom is 0.254 e. The third-order valence-electron chi connectivity index (χ3n) is 3.28. The highest BCUT2D eigenvalue weighted by Gasteiger charge is 2.14. The Kier molecular flexibility index (Phi) is 4.98. The second-order valence-electron chi connectivity index (χ2n) is 4.97. The normalized spacial score (nSPS) is 10.3. The first-order valence-electron chi connectivity index (χ1n) is 6.58. The van der Waals surface area contributed by atoms with Crippen molar-refractivity contribution in [2.24, 2.45) is 5.84 Å². The van der Waals surface area contributed by atoms with E-state index in [2.05, 4.69) is 21.4 Å². The van der Waals surface area contributed by atoms with Crippen LogP contribution in [0.2, 0.25) is 0 Å². The summed E-state index contributed by atoms with van der Waals surface area (Å²) in [6, 6.07) is 13.4. The minimum Gasteiger partial charge on any atom is -0.337 e. The fourth-order valence-corrected chi connectivity index (χ4v) is 2.63. The maximum atomic E-state index is 12.5. The maximum absolute atomic E-state index is 12.5. The van der Waals surface area contributed by atoms with E-state index in [0.717, 1.165) is 21.3 Å². The van der Waals surface area contributed by atoms with Crippen molar-refractivity contribution in [2.45, 2.75) is 13.5 Å². The van der Waals surface area contributed by atoms with Gasteiger partial charge in [0.05, 0.1) is 0 Å². The summed E-state index contributed by atoms with van der Waals surface area (Å²) >= 11 is 3.44. The van der Waals surface area contributed by atoms with Crippen LogP contribution in [0.4, 0.5) is 5.69 Å². The summed E-state index contributed by atoms with van der Waals surface area (Å²) in [7, 11) is 1.80. The molecule has 0 bridgehead atoms. The Labute approximate surface area is 133 Å². The van der Waals surface area contributed by atoms with Gasteiger partial charge in [0.25, 0.3) is 5.91 Å². The number of nitrogens with one attached hydrogen (secondary N) is 1. The molecule has 110 valence electrons. The summed E-state index contributed by atoms with van der Waals surface area (Å²) < 4.78 is 1.01. The predicted molar refractivity (Wildman–Crippen MR) is 88.9 cm³/mol. The van der Waals surface area contributed by atoms with Gasteiger partial charge in [0.1, 0.15) is 0 Å². The number of nitrogens with zero attached hydrogens (tertiary/aromatic N) is 1. The number of hydrogen-bond donors (Lipinski definition) is 2. The number of nitrogens with two attached hydrogens (primary N) is 1. The van der Waals surface area contributed by atoms with Crippen molar-refractivity contribution >= 4 is 27.5 Å². The summed E-state index contributed by atoms with van der Waals surface area (Å²) in [4.78, 5) is 14.2. The molecule has 0 heterocycles. The van der Waals surface area contributed by atoms with Crippen molar-refractivity contribution in [3.63, 3.8) is 0 Å². The van der Waals surface area contributed by atoms with E-state index in [1.54, 1.807) is 24.1 Å². The average molecular weight is 348 g/mol. The second kappa shape index (κ2) is 6.74. The van der Waals surface area contributed by atoms with Crippen LogP contribution >= 0.6 is 15.9 Å². The number of anilines is 1. The zero-order valence-electron chi connectivity index (χ0n) is 12.1. The molecule has 4 nitrogen and oxygen atoms in total.